The number of carbonyl (C=O) groups is 1. The number of hydrogen-bond acceptors (Lipinski definition) is 3. The Kier molecular flexibility index (Phi) is 6.99. The van der Waals surface area contributed by atoms with Gasteiger partial charge in [0.05, 0.1) is 0 Å². The molecule has 0 atom stereocenters. The Bertz CT molecular complexity index is 1150. The number of carbonyl (C=O) groups excluding carboxylic acids is 1. The van der Waals surface area contributed by atoms with E-state index in [4.69, 9.17) is 0 Å². The number of fused-ring (bicyclic) bond motifs is 1. The molecule has 1 aromatic heterocycles. The first-order chi connectivity index (χ1) is 14.4. The Morgan fingerprint density at radius 1 is 0.935 bits per heavy atom. The molecule has 0 bridgehead atoms. The Hall–Kier alpha value is -3.08. The van der Waals surface area contributed by atoms with Crippen molar-refractivity contribution in [3.8, 4) is 5.75 Å². The van der Waals surface area contributed by atoms with Crippen LogP contribution in [0.3, 0.4) is 0 Å². The molecule has 3 rings (SSSR count). The summed E-state index contributed by atoms with van der Waals surface area (Å²) >= 11 is 0. The number of amides is 1. The molecule has 0 aliphatic rings. The van der Waals surface area contributed by atoms with Crippen LogP contribution >= 0.6 is 0 Å². The van der Waals surface area contributed by atoms with Gasteiger partial charge in [-0.3, -0.25) is 9.59 Å². The van der Waals surface area contributed by atoms with Crippen LogP contribution in [-0.4, -0.2) is 16.0 Å². The van der Waals surface area contributed by atoms with Crippen LogP contribution in [0.15, 0.2) is 47.4 Å². The molecule has 5 nitrogen and oxygen atoms in total. The van der Waals surface area contributed by atoms with Crippen molar-refractivity contribution in [3.05, 3.63) is 69.5 Å². The second kappa shape index (κ2) is 8.96. The number of anilines is 1. The van der Waals surface area contributed by atoms with Crippen molar-refractivity contribution < 1.29 is 9.90 Å². The Balaban J connectivity index is 0.00000166. The summed E-state index contributed by atoms with van der Waals surface area (Å²) in [6.07, 6.45) is 1.43. The number of rotatable bonds is 2. The fraction of sp³-hybridized carbons (Fsp3) is 0.385. The molecule has 0 radical (unpaired) electrons. The lowest BCUT2D eigenvalue weighted by Crippen LogP contribution is -2.25. The molecule has 31 heavy (non-hydrogen) atoms. The first-order valence-corrected chi connectivity index (χ1v) is 10.7. The summed E-state index contributed by atoms with van der Waals surface area (Å²) in [6, 6.07) is 10.6. The average Bonchev–Trinajstić information content (AvgIpc) is 2.68. The molecule has 166 valence electrons. The maximum atomic E-state index is 12.9. The number of nitrogens with one attached hydrogen (secondary N) is 2. The normalized spacial score (nSPS) is 11.6. The van der Waals surface area contributed by atoms with E-state index in [9.17, 15) is 14.7 Å². The number of pyridine rings is 1. The van der Waals surface area contributed by atoms with Crippen LogP contribution in [0.2, 0.25) is 0 Å². The van der Waals surface area contributed by atoms with E-state index >= 15 is 0 Å². The number of aromatic nitrogens is 1. The summed E-state index contributed by atoms with van der Waals surface area (Å²) < 4.78 is 0. The van der Waals surface area contributed by atoms with Gasteiger partial charge in [-0.2, -0.15) is 0 Å². The largest absolute Gasteiger partial charge is 0.508 e. The van der Waals surface area contributed by atoms with E-state index in [1.54, 1.807) is 24.3 Å². The first kappa shape index (κ1) is 24.2. The first-order valence-electron chi connectivity index (χ1n) is 10.7. The molecule has 0 aliphatic carbocycles. The lowest BCUT2D eigenvalue weighted by Gasteiger charge is -2.28. The lowest BCUT2D eigenvalue weighted by atomic mass is 9.79. The van der Waals surface area contributed by atoms with Crippen LogP contribution in [0.1, 0.15) is 76.9 Å². The van der Waals surface area contributed by atoms with E-state index in [0.29, 0.717) is 16.6 Å². The number of H-pyrrole nitrogens is 1. The van der Waals surface area contributed by atoms with E-state index in [0.717, 1.165) is 11.1 Å². The standard InChI is InChI=1S/C24H28N2O3.C2H6/c1-23(2,3)16-11-17(24(4,5)6)20(27)12-19(16)26-22(29)15-13-25-18-10-8-7-9-14(18)21(15)28;1-2/h7-13,27H,1-6H3,(H,25,28)(H,26,29);1-2H3. The van der Waals surface area contributed by atoms with Gasteiger partial charge in [-0.05, 0) is 40.2 Å². The summed E-state index contributed by atoms with van der Waals surface area (Å²) in [5.41, 5.74) is 2.06. The molecule has 1 amide bonds. The zero-order valence-corrected chi connectivity index (χ0v) is 19.8. The maximum absolute atomic E-state index is 12.9. The molecule has 0 unspecified atom stereocenters. The van der Waals surface area contributed by atoms with E-state index in [1.807, 2.05) is 67.5 Å². The van der Waals surface area contributed by atoms with Crippen molar-refractivity contribution in [2.75, 3.05) is 5.32 Å². The summed E-state index contributed by atoms with van der Waals surface area (Å²) in [6.45, 7) is 16.2. The third kappa shape index (κ3) is 5.16. The molecule has 0 saturated heterocycles. The molecule has 0 saturated carbocycles. The molecule has 3 aromatic rings. The Morgan fingerprint density at radius 3 is 2.10 bits per heavy atom. The molecule has 1 heterocycles. The van der Waals surface area contributed by atoms with Gasteiger partial charge in [0.15, 0.2) is 0 Å². The van der Waals surface area contributed by atoms with Gasteiger partial charge < -0.3 is 15.4 Å². The van der Waals surface area contributed by atoms with Crippen LogP contribution in [0.4, 0.5) is 5.69 Å². The highest BCUT2D eigenvalue weighted by molar-refractivity contribution is 6.06. The van der Waals surface area contributed by atoms with E-state index in [-0.39, 0.29) is 27.6 Å². The van der Waals surface area contributed by atoms with Gasteiger partial charge in [-0.25, -0.2) is 0 Å². The molecule has 2 aromatic carbocycles. The van der Waals surface area contributed by atoms with Gasteiger partial charge in [-0.1, -0.05) is 67.5 Å². The molecular formula is C26H34N2O3. The highest BCUT2D eigenvalue weighted by atomic mass is 16.3. The second-order valence-electron chi connectivity index (χ2n) is 9.45. The lowest BCUT2D eigenvalue weighted by molar-refractivity contribution is 0.102. The number of benzene rings is 2. The van der Waals surface area contributed by atoms with E-state index in [2.05, 4.69) is 10.3 Å². The van der Waals surface area contributed by atoms with Crippen LogP contribution in [0, 0.1) is 0 Å². The molecule has 3 N–H and O–H groups in total. The van der Waals surface area contributed by atoms with Gasteiger partial charge in [0.25, 0.3) is 5.91 Å². The van der Waals surface area contributed by atoms with Crippen LogP contribution < -0.4 is 10.7 Å². The predicted molar refractivity (Wildman–Crippen MR) is 129 cm³/mol. The van der Waals surface area contributed by atoms with Crippen molar-refractivity contribution in [3.63, 3.8) is 0 Å². The van der Waals surface area contributed by atoms with Gasteiger partial charge in [0.1, 0.15) is 11.3 Å². The summed E-state index contributed by atoms with van der Waals surface area (Å²) in [5.74, 6) is -0.390. The molecule has 0 spiro atoms. The van der Waals surface area contributed by atoms with E-state index < -0.39 is 5.91 Å². The minimum absolute atomic E-state index is 0.0305. The maximum Gasteiger partial charge on any atom is 0.261 e. The number of para-hydroxylation sites is 1. The van der Waals surface area contributed by atoms with Crippen molar-refractivity contribution in [2.24, 2.45) is 0 Å². The van der Waals surface area contributed by atoms with Gasteiger partial charge >= 0.3 is 0 Å². The van der Waals surface area contributed by atoms with Gasteiger partial charge in [0.2, 0.25) is 5.43 Å². The number of hydrogen-bond donors (Lipinski definition) is 3. The Morgan fingerprint density at radius 2 is 1.52 bits per heavy atom. The molecule has 5 heteroatoms. The van der Waals surface area contributed by atoms with Gasteiger partial charge in [-0.15, -0.1) is 0 Å². The number of phenolic OH excluding ortho intramolecular Hbond substituents is 1. The number of aromatic hydroxyl groups is 1. The molecular weight excluding hydrogens is 388 g/mol. The van der Waals surface area contributed by atoms with Crippen molar-refractivity contribution >= 4 is 22.5 Å². The zero-order valence-electron chi connectivity index (χ0n) is 19.8. The Labute approximate surface area is 184 Å². The monoisotopic (exact) mass is 422 g/mol. The molecule has 0 fully saturated rings. The van der Waals surface area contributed by atoms with Crippen LogP contribution in [-0.2, 0) is 10.8 Å². The summed E-state index contributed by atoms with van der Waals surface area (Å²) in [5, 5.41) is 13.9. The minimum Gasteiger partial charge on any atom is -0.508 e. The minimum atomic E-state index is -0.509. The summed E-state index contributed by atoms with van der Waals surface area (Å²) in [7, 11) is 0. The quantitative estimate of drug-likeness (QED) is 0.466. The zero-order chi connectivity index (χ0) is 23.6. The summed E-state index contributed by atoms with van der Waals surface area (Å²) in [4.78, 5) is 28.7. The van der Waals surface area contributed by atoms with Crippen molar-refractivity contribution in [1.29, 1.82) is 0 Å². The van der Waals surface area contributed by atoms with Crippen LogP contribution in [0.25, 0.3) is 10.9 Å². The predicted octanol–water partition coefficient (Wildman–Crippen LogP) is 6.11. The highest BCUT2D eigenvalue weighted by Crippen LogP contribution is 2.39. The van der Waals surface area contributed by atoms with Crippen molar-refractivity contribution in [2.45, 2.75) is 66.2 Å². The van der Waals surface area contributed by atoms with Gasteiger partial charge in [0, 0.05) is 28.9 Å². The highest BCUT2D eigenvalue weighted by Gasteiger charge is 2.26. The fourth-order valence-electron chi connectivity index (χ4n) is 3.44. The van der Waals surface area contributed by atoms with Crippen LogP contribution in [0.5, 0.6) is 5.75 Å². The topological polar surface area (TPSA) is 82.2 Å². The fourth-order valence-corrected chi connectivity index (χ4v) is 3.44. The number of phenols is 1. The average molecular weight is 423 g/mol. The number of aromatic amines is 1. The molecule has 0 aliphatic heterocycles. The smallest absolute Gasteiger partial charge is 0.261 e. The third-order valence-corrected chi connectivity index (χ3v) is 5.03. The SMILES string of the molecule is CC.CC(C)(C)c1cc(C(C)(C)C)c(NC(=O)c2c[nH]c3ccccc3c2=O)cc1O. The van der Waals surface area contributed by atoms with E-state index in [1.165, 1.54) is 6.20 Å². The second-order valence-corrected chi connectivity index (χ2v) is 9.45. The third-order valence-electron chi connectivity index (χ3n) is 5.03. The van der Waals surface area contributed by atoms with Crippen molar-refractivity contribution in [1.82, 2.24) is 4.98 Å².